The molecule has 3 heterocycles. The molecule has 3 aromatic heterocycles. The van der Waals surface area contributed by atoms with E-state index < -0.39 is 5.82 Å². The van der Waals surface area contributed by atoms with Crippen LogP contribution in [0.1, 0.15) is 34.1 Å². The maximum absolute atomic E-state index is 15.3. The van der Waals surface area contributed by atoms with Crippen LogP contribution in [0.4, 0.5) is 4.39 Å². The number of carbonyl (C=O) groups excluding carboxylic acids is 1. The van der Waals surface area contributed by atoms with E-state index >= 15 is 4.39 Å². The topological polar surface area (TPSA) is 89.9 Å². The molecule has 41 heavy (non-hydrogen) atoms. The van der Waals surface area contributed by atoms with E-state index in [4.69, 9.17) is 4.74 Å². The molecule has 0 aliphatic rings. The predicted octanol–water partition coefficient (Wildman–Crippen LogP) is 6.70. The number of aromatic nitrogens is 4. The first-order valence-corrected chi connectivity index (χ1v) is 13.3. The van der Waals surface area contributed by atoms with Crippen LogP contribution in [-0.4, -0.2) is 25.3 Å². The number of hydrogen-bond acceptors (Lipinski definition) is 5. The molecule has 0 bridgehead atoms. The van der Waals surface area contributed by atoms with Gasteiger partial charge in [-0.05, 0) is 54.3 Å². The highest BCUT2D eigenvalue weighted by atomic mass is 19.1. The number of pyridine rings is 1. The van der Waals surface area contributed by atoms with E-state index in [1.807, 2.05) is 73.3 Å². The molecular formula is C33H27FN4O3. The van der Waals surface area contributed by atoms with Crippen LogP contribution < -0.4 is 10.2 Å². The summed E-state index contributed by atoms with van der Waals surface area (Å²) >= 11 is 0. The first kappa shape index (κ1) is 26.1. The Morgan fingerprint density at radius 2 is 1.80 bits per heavy atom. The number of ketones is 1. The number of benzene rings is 3. The Kier molecular flexibility index (Phi) is 6.67. The van der Waals surface area contributed by atoms with Crippen molar-refractivity contribution >= 4 is 27.7 Å². The quantitative estimate of drug-likeness (QED) is 0.225. The second kappa shape index (κ2) is 10.5. The minimum Gasteiger partial charge on any atom is -0.435 e. The summed E-state index contributed by atoms with van der Waals surface area (Å²) in [6.07, 6.45) is 3.82. The van der Waals surface area contributed by atoms with Crippen molar-refractivity contribution in [1.29, 1.82) is 0 Å². The van der Waals surface area contributed by atoms with E-state index in [1.54, 1.807) is 13.0 Å². The second-order valence-corrected chi connectivity index (χ2v) is 9.99. The smallest absolute Gasteiger partial charge is 0.232 e. The zero-order valence-electron chi connectivity index (χ0n) is 22.9. The Morgan fingerprint density at radius 3 is 2.56 bits per heavy atom. The number of ether oxygens (including phenoxy) is 1. The first-order valence-electron chi connectivity index (χ1n) is 13.3. The molecule has 0 saturated carbocycles. The number of carbonyl (C=O) groups is 1. The van der Waals surface area contributed by atoms with Gasteiger partial charge in [0.15, 0.2) is 22.8 Å². The van der Waals surface area contributed by atoms with E-state index in [0.29, 0.717) is 27.7 Å². The molecule has 204 valence electrons. The number of halogens is 1. The fourth-order valence-corrected chi connectivity index (χ4v) is 5.23. The molecule has 0 aliphatic carbocycles. The van der Waals surface area contributed by atoms with Gasteiger partial charge in [-0.15, -0.1) is 0 Å². The van der Waals surface area contributed by atoms with Crippen molar-refractivity contribution in [2.45, 2.75) is 26.7 Å². The summed E-state index contributed by atoms with van der Waals surface area (Å²) in [5, 5.41) is 1.14. The largest absolute Gasteiger partial charge is 0.435 e. The Labute approximate surface area is 235 Å². The molecule has 0 atom stereocenters. The zero-order valence-corrected chi connectivity index (χ0v) is 22.9. The molecule has 0 saturated heterocycles. The highest BCUT2D eigenvalue weighted by Gasteiger charge is 2.21. The standard InChI is InChI=1S/C33H27FN4O3/c1-4-20-10-12-26-23(14-20)31(40)29(19(2)38(26)3)27(39)16-21-11-13-28(25(34)15-21)41-33-30-24(22-8-6-5-7-9-22)17-35-32(30)36-18-37-33/h5-15,17-18H,4,16H2,1-3H3,(H,35,36,37). The number of aryl methyl sites for hydroxylation is 2. The lowest BCUT2D eigenvalue weighted by molar-refractivity contribution is 0.0990. The number of nitrogens with one attached hydrogen (secondary N) is 1. The van der Waals surface area contributed by atoms with Gasteiger partial charge in [-0.25, -0.2) is 14.4 Å². The molecule has 1 N–H and O–H groups in total. The van der Waals surface area contributed by atoms with Crippen molar-refractivity contribution in [1.82, 2.24) is 19.5 Å². The minimum absolute atomic E-state index is 0.0358. The SMILES string of the molecule is CCc1ccc2c(c1)c(=O)c(C(=O)Cc1ccc(Oc3ncnc4[nH]cc(-c5ccccc5)c34)c(F)c1)c(C)n2C. The van der Waals surface area contributed by atoms with Gasteiger partial charge < -0.3 is 14.3 Å². The Hall–Kier alpha value is -5.11. The summed E-state index contributed by atoms with van der Waals surface area (Å²) in [4.78, 5) is 38.4. The van der Waals surface area contributed by atoms with E-state index in [9.17, 15) is 9.59 Å². The van der Waals surface area contributed by atoms with Crippen LogP contribution in [0.5, 0.6) is 11.6 Å². The number of rotatable bonds is 7. The van der Waals surface area contributed by atoms with Crippen molar-refractivity contribution < 1.29 is 13.9 Å². The maximum Gasteiger partial charge on any atom is 0.232 e. The van der Waals surface area contributed by atoms with Gasteiger partial charge in [0, 0.05) is 36.3 Å². The summed E-state index contributed by atoms with van der Waals surface area (Å²) in [7, 11) is 1.84. The number of hydrogen-bond donors (Lipinski definition) is 1. The van der Waals surface area contributed by atoms with Gasteiger partial charge in [-0.3, -0.25) is 9.59 Å². The fourth-order valence-electron chi connectivity index (χ4n) is 5.23. The molecule has 0 amide bonds. The Bertz CT molecular complexity index is 2010. The number of H-pyrrole nitrogens is 1. The van der Waals surface area contributed by atoms with Crippen LogP contribution in [0.25, 0.3) is 33.1 Å². The highest BCUT2D eigenvalue weighted by Crippen LogP contribution is 2.36. The molecule has 0 radical (unpaired) electrons. The van der Waals surface area contributed by atoms with Gasteiger partial charge in [0.25, 0.3) is 0 Å². The number of Topliss-reactive ketones (excluding diaryl/α,β-unsaturated/α-hetero) is 1. The summed E-state index contributed by atoms with van der Waals surface area (Å²) in [6.45, 7) is 3.77. The van der Waals surface area contributed by atoms with Crippen molar-refractivity contribution in [2.75, 3.05) is 0 Å². The fraction of sp³-hybridized carbons (Fsp3) is 0.152. The molecule has 6 aromatic rings. The maximum atomic E-state index is 15.3. The Balaban J connectivity index is 1.30. The lowest BCUT2D eigenvalue weighted by Crippen LogP contribution is -2.23. The zero-order chi connectivity index (χ0) is 28.7. The van der Waals surface area contributed by atoms with E-state index in [0.717, 1.165) is 28.6 Å². The lowest BCUT2D eigenvalue weighted by atomic mass is 9.98. The van der Waals surface area contributed by atoms with Crippen molar-refractivity contribution in [3.8, 4) is 22.8 Å². The van der Waals surface area contributed by atoms with Crippen LogP contribution in [0.15, 0.2) is 84.0 Å². The number of nitrogens with zero attached hydrogens (tertiary/aromatic N) is 3. The molecule has 0 spiro atoms. The summed E-state index contributed by atoms with van der Waals surface area (Å²) in [6, 6.07) is 19.8. The van der Waals surface area contributed by atoms with Crippen molar-refractivity contribution in [3.63, 3.8) is 0 Å². The van der Waals surface area contributed by atoms with Crippen LogP contribution in [-0.2, 0) is 19.9 Å². The number of fused-ring (bicyclic) bond motifs is 2. The monoisotopic (exact) mass is 546 g/mol. The molecule has 0 unspecified atom stereocenters. The molecule has 3 aromatic carbocycles. The average molecular weight is 547 g/mol. The predicted molar refractivity (Wildman–Crippen MR) is 157 cm³/mol. The van der Waals surface area contributed by atoms with Gasteiger partial charge in [0.05, 0.1) is 16.5 Å². The summed E-state index contributed by atoms with van der Waals surface area (Å²) in [5.74, 6) is -0.835. The van der Waals surface area contributed by atoms with E-state index in [2.05, 4.69) is 15.0 Å². The van der Waals surface area contributed by atoms with Crippen LogP contribution >= 0.6 is 0 Å². The second-order valence-electron chi connectivity index (χ2n) is 9.99. The third-order valence-electron chi connectivity index (χ3n) is 7.53. The minimum atomic E-state index is -0.644. The van der Waals surface area contributed by atoms with Gasteiger partial charge >= 0.3 is 0 Å². The average Bonchev–Trinajstić information content (AvgIpc) is 3.43. The molecular weight excluding hydrogens is 519 g/mol. The van der Waals surface area contributed by atoms with Gasteiger partial charge in [0.2, 0.25) is 5.88 Å². The molecule has 0 aliphatic heterocycles. The first-order chi connectivity index (χ1) is 19.9. The van der Waals surface area contributed by atoms with E-state index in [1.165, 1.54) is 18.5 Å². The number of aromatic amines is 1. The molecule has 0 fully saturated rings. The van der Waals surface area contributed by atoms with Gasteiger partial charge in [-0.1, -0.05) is 49.4 Å². The summed E-state index contributed by atoms with van der Waals surface area (Å²) < 4.78 is 23.1. The van der Waals surface area contributed by atoms with Crippen LogP contribution in [0, 0.1) is 12.7 Å². The van der Waals surface area contributed by atoms with Crippen LogP contribution in [0.3, 0.4) is 0 Å². The Morgan fingerprint density at radius 1 is 1.02 bits per heavy atom. The van der Waals surface area contributed by atoms with Crippen molar-refractivity contribution in [2.24, 2.45) is 7.05 Å². The molecule has 7 nitrogen and oxygen atoms in total. The van der Waals surface area contributed by atoms with Gasteiger partial charge in [0.1, 0.15) is 12.0 Å². The molecule has 8 heteroatoms. The highest BCUT2D eigenvalue weighted by molar-refractivity contribution is 6.01. The lowest BCUT2D eigenvalue weighted by Gasteiger charge is -2.15. The van der Waals surface area contributed by atoms with Crippen LogP contribution in [0.2, 0.25) is 0 Å². The molecule has 6 rings (SSSR count). The van der Waals surface area contributed by atoms with E-state index in [-0.39, 0.29) is 34.8 Å². The third kappa shape index (κ3) is 4.67. The third-order valence-corrected chi connectivity index (χ3v) is 7.53. The van der Waals surface area contributed by atoms with Crippen molar-refractivity contribution in [3.05, 3.63) is 118 Å². The summed E-state index contributed by atoms with van der Waals surface area (Å²) in [5.41, 5.74) is 4.95. The normalized spacial score (nSPS) is 11.3. The van der Waals surface area contributed by atoms with Gasteiger partial charge in [-0.2, -0.15) is 0 Å².